The third kappa shape index (κ3) is 4.45. The summed E-state index contributed by atoms with van der Waals surface area (Å²) < 4.78 is 21.2. The number of aromatic nitrogens is 3. The lowest BCUT2D eigenvalue weighted by molar-refractivity contribution is 0.290. The van der Waals surface area contributed by atoms with Crippen LogP contribution in [0.1, 0.15) is 11.4 Å². The van der Waals surface area contributed by atoms with Crippen molar-refractivity contribution in [2.24, 2.45) is 7.05 Å². The van der Waals surface area contributed by atoms with Crippen LogP contribution in [0.3, 0.4) is 0 Å². The molecule has 4 nitrogen and oxygen atoms in total. The Bertz CT molecular complexity index is 888. The SMILES string of the molecule is Cn1c(COc2ccc(Cl)cc2Cl)nnc1SCc1ccccc1F. The van der Waals surface area contributed by atoms with Crippen LogP contribution in [-0.4, -0.2) is 14.8 Å². The van der Waals surface area contributed by atoms with Gasteiger partial charge >= 0.3 is 0 Å². The van der Waals surface area contributed by atoms with E-state index in [-0.39, 0.29) is 12.4 Å². The van der Waals surface area contributed by atoms with Crippen LogP contribution in [0.5, 0.6) is 5.75 Å². The second-order valence-electron chi connectivity index (χ2n) is 5.20. The summed E-state index contributed by atoms with van der Waals surface area (Å²) in [4.78, 5) is 0. The summed E-state index contributed by atoms with van der Waals surface area (Å²) in [6.45, 7) is 0.213. The van der Waals surface area contributed by atoms with Crippen LogP contribution < -0.4 is 4.74 Å². The highest BCUT2D eigenvalue weighted by Gasteiger charge is 2.12. The third-order valence-electron chi connectivity index (χ3n) is 3.49. The average Bonchev–Trinajstić information content (AvgIpc) is 2.94. The lowest BCUT2D eigenvalue weighted by Gasteiger charge is -2.08. The molecule has 0 spiro atoms. The van der Waals surface area contributed by atoms with E-state index in [0.29, 0.717) is 38.1 Å². The number of ether oxygens (including phenoxy) is 1. The fourth-order valence-corrected chi connectivity index (χ4v) is 3.47. The quantitative estimate of drug-likeness (QED) is 0.540. The molecule has 1 heterocycles. The van der Waals surface area contributed by atoms with Gasteiger partial charge in [0.2, 0.25) is 0 Å². The Morgan fingerprint density at radius 2 is 1.96 bits per heavy atom. The molecule has 0 fully saturated rings. The fraction of sp³-hybridized carbons (Fsp3) is 0.176. The molecule has 130 valence electrons. The normalized spacial score (nSPS) is 10.9. The van der Waals surface area contributed by atoms with Crippen molar-refractivity contribution in [3.63, 3.8) is 0 Å². The van der Waals surface area contributed by atoms with E-state index in [1.54, 1.807) is 30.3 Å². The highest BCUT2D eigenvalue weighted by Crippen LogP contribution is 2.28. The Kier molecular flexibility index (Phi) is 5.83. The van der Waals surface area contributed by atoms with Gasteiger partial charge in [-0.2, -0.15) is 0 Å². The topological polar surface area (TPSA) is 39.9 Å². The maximum Gasteiger partial charge on any atom is 0.191 e. The summed E-state index contributed by atoms with van der Waals surface area (Å²) in [5.74, 6) is 1.41. The molecule has 0 unspecified atom stereocenters. The molecule has 3 rings (SSSR count). The van der Waals surface area contributed by atoms with Gasteiger partial charge in [-0.25, -0.2) is 4.39 Å². The minimum absolute atomic E-state index is 0.213. The lowest BCUT2D eigenvalue weighted by atomic mass is 10.2. The third-order valence-corrected chi connectivity index (χ3v) is 5.09. The summed E-state index contributed by atoms with van der Waals surface area (Å²) in [6.07, 6.45) is 0. The fourth-order valence-electron chi connectivity index (χ4n) is 2.09. The van der Waals surface area contributed by atoms with E-state index in [2.05, 4.69) is 10.2 Å². The molecule has 0 radical (unpaired) electrons. The van der Waals surface area contributed by atoms with Gasteiger partial charge in [-0.05, 0) is 29.8 Å². The number of hydrogen-bond acceptors (Lipinski definition) is 4. The van der Waals surface area contributed by atoms with Gasteiger partial charge in [-0.1, -0.05) is 53.2 Å². The molecule has 1 aromatic heterocycles. The first-order valence-electron chi connectivity index (χ1n) is 7.37. The van der Waals surface area contributed by atoms with Gasteiger partial charge in [-0.15, -0.1) is 10.2 Å². The minimum Gasteiger partial charge on any atom is -0.484 e. The number of benzene rings is 2. The molecule has 8 heteroatoms. The summed E-state index contributed by atoms with van der Waals surface area (Å²) in [7, 11) is 1.84. The van der Waals surface area contributed by atoms with E-state index < -0.39 is 0 Å². The second kappa shape index (κ2) is 8.08. The highest BCUT2D eigenvalue weighted by atomic mass is 35.5. The van der Waals surface area contributed by atoms with E-state index in [1.165, 1.54) is 17.8 Å². The van der Waals surface area contributed by atoms with E-state index in [4.69, 9.17) is 27.9 Å². The Morgan fingerprint density at radius 3 is 2.72 bits per heavy atom. The molecular weight excluding hydrogens is 384 g/mol. The number of thioether (sulfide) groups is 1. The monoisotopic (exact) mass is 397 g/mol. The summed E-state index contributed by atoms with van der Waals surface area (Å²) in [5, 5.41) is 9.91. The predicted molar refractivity (Wildman–Crippen MR) is 97.8 cm³/mol. The van der Waals surface area contributed by atoms with E-state index in [9.17, 15) is 4.39 Å². The Hall–Kier alpha value is -1.76. The first-order valence-corrected chi connectivity index (χ1v) is 9.11. The van der Waals surface area contributed by atoms with Crippen LogP contribution in [-0.2, 0) is 19.4 Å². The van der Waals surface area contributed by atoms with Crippen molar-refractivity contribution in [2.45, 2.75) is 17.5 Å². The summed E-state index contributed by atoms with van der Waals surface area (Å²) in [5.41, 5.74) is 0.626. The molecule has 2 aromatic carbocycles. The molecule has 25 heavy (non-hydrogen) atoms. The zero-order valence-electron chi connectivity index (χ0n) is 13.2. The molecular formula is C17H14Cl2FN3OS. The van der Waals surface area contributed by atoms with Gasteiger partial charge in [0, 0.05) is 17.8 Å². The largest absolute Gasteiger partial charge is 0.484 e. The molecule has 0 aliphatic rings. The number of nitrogens with zero attached hydrogens (tertiary/aromatic N) is 3. The first kappa shape index (κ1) is 18.0. The van der Waals surface area contributed by atoms with Crippen LogP contribution in [0, 0.1) is 5.82 Å². The van der Waals surface area contributed by atoms with Crippen LogP contribution in [0.15, 0.2) is 47.6 Å². The van der Waals surface area contributed by atoms with Crippen molar-refractivity contribution < 1.29 is 9.13 Å². The van der Waals surface area contributed by atoms with E-state index in [0.717, 1.165) is 0 Å². The van der Waals surface area contributed by atoms with Crippen molar-refractivity contribution in [2.75, 3.05) is 0 Å². The first-order chi connectivity index (χ1) is 12.0. The molecule has 0 saturated carbocycles. The van der Waals surface area contributed by atoms with Crippen LogP contribution in [0.2, 0.25) is 10.0 Å². The molecule has 0 atom stereocenters. The molecule has 0 N–H and O–H groups in total. The number of halogens is 3. The summed E-state index contributed by atoms with van der Waals surface area (Å²) >= 11 is 13.4. The molecule has 3 aromatic rings. The van der Waals surface area contributed by atoms with Crippen LogP contribution in [0.4, 0.5) is 4.39 Å². The standard InChI is InChI=1S/C17H14Cl2FN3OS/c1-23-16(9-24-15-7-6-12(18)8-13(15)19)21-22-17(23)25-10-11-4-2-3-5-14(11)20/h2-8H,9-10H2,1H3. The Balaban J connectivity index is 1.64. The number of rotatable bonds is 6. The zero-order chi connectivity index (χ0) is 17.8. The van der Waals surface area contributed by atoms with Crippen molar-refractivity contribution in [1.82, 2.24) is 14.8 Å². The molecule has 0 amide bonds. The molecule has 0 bridgehead atoms. The molecule has 0 aliphatic heterocycles. The Morgan fingerprint density at radius 1 is 1.16 bits per heavy atom. The highest BCUT2D eigenvalue weighted by molar-refractivity contribution is 7.98. The van der Waals surface area contributed by atoms with Crippen molar-refractivity contribution in [3.05, 3.63) is 69.7 Å². The van der Waals surface area contributed by atoms with E-state index >= 15 is 0 Å². The van der Waals surface area contributed by atoms with Crippen LogP contribution >= 0.6 is 35.0 Å². The van der Waals surface area contributed by atoms with Gasteiger partial charge in [-0.3, -0.25) is 0 Å². The Labute approximate surface area is 158 Å². The maximum atomic E-state index is 13.7. The van der Waals surface area contributed by atoms with Gasteiger partial charge in [0.05, 0.1) is 5.02 Å². The smallest absolute Gasteiger partial charge is 0.191 e. The maximum absolute atomic E-state index is 13.7. The lowest BCUT2D eigenvalue weighted by Crippen LogP contribution is -2.04. The van der Waals surface area contributed by atoms with Crippen molar-refractivity contribution in [1.29, 1.82) is 0 Å². The average molecular weight is 398 g/mol. The number of hydrogen-bond donors (Lipinski definition) is 0. The molecule has 0 saturated heterocycles. The van der Waals surface area contributed by atoms with Gasteiger partial charge in [0.15, 0.2) is 11.0 Å². The van der Waals surface area contributed by atoms with Gasteiger partial charge in [0.1, 0.15) is 18.2 Å². The second-order valence-corrected chi connectivity index (χ2v) is 6.99. The van der Waals surface area contributed by atoms with Crippen LogP contribution in [0.25, 0.3) is 0 Å². The van der Waals surface area contributed by atoms with E-state index in [1.807, 2.05) is 17.7 Å². The van der Waals surface area contributed by atoms with Crippen molar-refractivity contribution >= 4 is 35.0 Å². The molecule has 0 aliphatic carbocycles. The van der Waals surface area contributed by atoms with Gasteiger partial charge < -0.3 is 9.30 Å². The van der Waals surface area contributed by atoms with Gasteiger partial charge in [0.25, 0.3) is 0 Å². The van der Waals surface area contributed by atoms with Crippen molar-refractivity contribution in [3.8, 4) is 5.75 Å². The zero-order valence-corrected chi connectivity index (χ0v) is 15.6. The minimum atomic E-state index is -0.224. The summed E-state index contributed by atoms with van der Waals surface area (Å²) in [6, 6.07) is 11.7. The predicted octanol–water partition coefficient (Wildman–Crippen LogP) is 5.13.